The first kappa shape index (κ1) is 16.8. The highest BCUT2D eigenvalue weighted by atomic mass is 19.1. The summed E-state index contributed by atoms with van der Waals surface area (Å²) in [6.07, 6.45) is 0. The molecule has 1 amide bonds. The summed E-state index contributed by atoms with van der Waals surface area (Å²) in [5.41, 5.74) is 1.52. The van der Waals surface area contributed by atoms with Gasteiger partial charge in [-0.2, -0.15) is 0 Å². The average Bonchev–Trinajstić information content (AvgIpc) is 2.48. The van der Waals surface area contributed by atoms with Crippen LogP contribution in [0.15, 0.2) is 36.4 Å². The normalized spacial score (nSPS) is 10.8. The molecule has 0 aliphatic carbocycles. The van der Waals surface area contributed by atoms with Gasteiger partial charge in [-0.1, -0.05) is 26.0 Å². The molecule has 0 aliphatic heterocycles. The van der Waals surface area contributed by atoms with E-state index >= 15 is 0 Å². The Balaban J connectivity index is 2.25. The lowest BCUT2D eigenvalue weighted by Gasteiger charge is -2.19. The van der Waals surface area contributed by atoms with Gasteiger partial charge in [0.25, 0.3) is 5.91 Å². The van der Waals surface area contributed by atoms with Crippen molar-refractivity contribution in [2.24, 2.45) is 0 Å². The van der Waals surface area contributed by atoms with E-state index in [1.807, 2.05) is 13.8 Å². The maximum absolute atomic E-state index is 12.9. The highest BCUT2D eigenvalue weighted by Crippen LogP contribution is 2.32. The van der Waals surface area contributed by atoms with E-state index in [9.17, 15) is 19.4 Å². The summed E-state index contributed by atoms with van der Waals surface area (Å²) in [6, 6.07) is 8.59. The molecule has 5 heteroatoms. The molecule has 0 bridgehead atoms. The Morgan fingerprint density at radius 3 is 2.30 bits per heavy atom. The summed E-state index contributed by atoms with van der Waals surface area (Å²) in [5, 5.41) is 19.8. The summed E-state index contributed by atoms with van der Waals surface area (Å²) in [4.78, 5) is 14.0. The maximum Gasteiger partial charge on any atom is 0.257 e. The highest BCUT2D eigenvalue weighted by Gasteiger charge is 2.20. The molecule has 0 saturated carbocycles. The first-order valence-corrected chi connectivity index (χ1v) is 7.35. The van der Waals surface area contributed by atoms with Gasteiger partial charge in [0.2, 0.25) is 0 Å². The van der Waals surface area contributed by atoms with Crippen molar-refractivity contribution in [2.75, 3.05) is 7.05 Å². The van der Waals surface area contributed by atoms with Gasteiger partial charge in [0, 0.05) is 19.7 Å². The molecule has 0 fully saturated rings. The summed E-state index contributed by atoms with van der Waals surface area (Å²) in [6.45, 7) is 4.07. The molecule has 0 aromatic heterocycles. The average molecular weight is 317 g/mol. The molecule has 2 aromatic rings. The largest absolute Gasteiger partial charge is 0.508 e. The zero-order valence-electron chi connectivity index (χ0n) is 13.4. The minimum absolute atomic E-state index is 0.0181. The minimum atomic E-state index is -0.367. The molecule has 2 N–H and O–H groups in total. The summed E-state index contributed by atoms with van der Waals surface area (Å²) in [7, 11) is 1.60. The number of halogens is 1. The Bertz CT molecular complexity index is 711. The van der Waals surface area contributed by atoms with Crippen molar-refractivity contribution in [1.82, 2.24) is 4.90 Å². The molecule has 0 unspecified atom stereocenters. The van der Waals surface area contributed by atoms with Crippen LogP contribution in [0, 0.1) is 5.82 Å². The summed E-state index contributed by atoms with van der Waals surface area (Å²) in [5.74, 6) is -0.975. The lowest BCUT2D eigenvalue weighted by molar-refractivity contribution is 0.0782. The highest BCUT2D eigenvalue weighted by molar-refractivity contribution is 5.97. The van der Waals surface area contributed by atoms with E-state index in [-0.39, 0.29) is 41.2 Å². The van der Waals surface area contributed by atoms with Crippen LogP contribution >= 0.6 is 0 Å². The van der Waals surface area contributed by atoms with E-state index in [1.165, 1.54) is 29.2 Å². The molecule has 0 saturated heterocycles. The molecule has 2 aromatic carbocycles. The Labute approximate surface area is 134 Å². The zero-order valence-corrected chi connectivity index (χ0v) is 13.4. The fourth-order valence-electron chi connectivity index (χ4n) is 2.37. The van der Waals surface area contributed by atoms with Gasteiger partial charge in [-0.25, -0.2) is 4.39 Å². The van der Waals surface area contributed by atoms with Gasteiger partial charge in [-0.3, -0.25) is 4.79 Å². The third kappa shape index (κ3) is 3.80. The molecular formula is C18H20FNO3. The van der Waals surface area contributed by atoms with Crippen LogP contribution in [0.25, 0.3) is 0 Å². The number of benzene rings is 2. The Kier molecular flexibility index (Phi) is 4.89. The van der Waals surface area contributed by atoms with Crippen molar-refractivity contribution in [2.45, 2.75) is 26.3 Å². The lowest BCUT2D eigenvalue weighted by atomic mass is 9.98. The number of phenolic OH excluding ortho intramolecular Hbond substituents is 2. The number of rotatable bonds is 4. The number of aromatic hydroxyl groups is 2. The van der Waals surface area contributed by atoms with Crippen LogP contribution in [-0.2, 0) is 6.54 Å². The van der Waals surface area contributed by atoms with Crippen LogP contribution in [0.2, 0.25) is 0 Å². The van der Waals surface area contributed by atoms with E-state index in [0.29, 0.717) is 5.56 Å². The smallest absolute Gasteiger partial charge is 0.257 e. The van der Waals surface area contributed by atoms with Crippen LogP contribution in [0.1, 0.15) is 41.3 Å². The van der Waals surface area contributed by atoms with Gasteiger partial charge < -0.3 is 15.1 Å². The van der Waals surface area contributed by atoms with E-state index in [0.717, 1.165) is 5.56 Å². The lowest BCUT2D eigenvalue weighted by Crippen LogP contribution is -2.26. The second-order valence-electron chi connectivity index (χ2n) is 5.87. The van der Waals surface area contributed by atoms with Crippen molar-refractivity contribution in [3.8, 4) is 11.5 Å². The second kappa shape index (κ2) is 6.69. The van der Waals surface area contributed by atoms with Crippen molar-refractivity contribution in [3.05, 3.63) is 58.9 Å². The van der Waals surface area contributed by atoms with E-state index < -0.39 is 0 Å². The third-order valence-corrected chi connectivity index (χ3v) is 3.68. The van der Waals surface area contributed by atoms with Crippen molar-refractivity contribution in [1.29, 1.82) is 0 Å². The number of carbonyl (C=O) groups is 1. The van der Waals surface area contributed by atoms with Crippen LogP contribution in [0.3, 0.4) is 0 Å². The molecule has 0 spiro atoms. The maximum atomic E-state index is 12.9. The Morgan fingerprint density at radius 2 is 1.74 bits per heavy atom. The van der Waals surface area contributed by atoms with E-state index in [4.69, 9.17) is 0 Å². The molecule has 0 atom stereocenters. The van der Waals surface area contributed by atoms with Crippen LogP contribution in [0.5, 0.6) is 11.5 Å². The Morgan fingerprint density at radius 1 is 1.13 bits per heavy atom. The van der Waals surface area contributed by atoms with Crippen molar-refractivity contribution < 1.29 is 19.4 Å². The number of amides is 1. The first-order valence-electron chi connectivity index (χ1n) is 7.35. The topological polar surface area (TPSA) is 60.8 Å². The summed E-state index contributed by atoms with van der Waals surface area (Å²) >= 11 is 0. The van der Waals surface area contributed by atoms with Gasteiger partial charge >= 0.3 is 0 Å². The second-order valence-corrected chi connectivity index (χ2v) is 5.87. The van der Waals surface area contributed by atoms with Crippen LogP contribution in [-0.4, -0.2) is 28.1 Å². The monoisotopic (exact) mass is 317 g/mol. The molecule has 23 heavy (non-hydrogen) atoms. The van der Waals surface area contributed by atoms with Gasteiger partial charge in [0.15, 0.2) is 0 Å². The molecule has 0 heterocycles. The first-order chi connectivity index (χ1) is 10.8. The summed E-state index contributed by atoms with van der Waals surface area (Å²) < 4.78 is 12.9. The van der Waals surface area contributed by atoms with Gasteiger partial charge in [-0.15, -0.1) is 0 Å². The van der Waals surface area contributed by atoms with E-state index in [1.54, 1.807) is 19.2 Å². The number of nitrogens with zero attached hydrogens (tertiary/aromatic N) is 1. The molecule has 2 rings (SSSR count). The van der Waals surface area contributed by atoms with Gasteiger partial charge in [-0.05, 0) is 35.2 Å². The fraction of sp³-hybridized carbons (Fsp3) is 0.278. The fourth-order valence-corrected chi connectivity index (χ4v) is 2.37. The molecule has 0 radical (unpaired) electrons. The standard InChI is InChI=1S/C18H20FNO3/c1-11(2)14-8-15(17(22)9-16(14)21)18(23)20(3)10-12-4-6-13(19)7-5-12/h4-9,11,21-22H,10H2,1-3H3. The van der Waals surface area contributed by atoms with Crippen LogP contribution in [0.4, 0.5) is 4.39 Å². The van der Waals surface area contributed by atoms with Crippen LogP contribution < -0.4 is 0 Å². The number of phenols is 2. The molecule has 122 valence electrons. The van der Waals surface area contributed by atoms with E-state index in [2.05, 4.69) is 0 Å². The zero-order chi connectivity index (χ0) is 17.1. The van der Waals surface area contributed by atoms with Gasteiger partial charge in [0.05, 0.1) is 5.56 Å². The SMILES string of the molecule is CC(C)c1cc(C(=O)N(C)Cc2ccc(F)cc2)c(O)cc1O. The molecule has 0 aliphatic rings. The van der Waals surface area contributed by atoms with Crippen molar-refractivity contribution >= 4 is 5.91 Å². The third-order valence-electron chi connectivity index (χ3n) is 3.68. The number of hydrogen-bond donors (Lipinski definition) is 2. The Hall–Kier alpha value is -2.56. The van der Waals surface area contributed by atoms with Crippen molar-refractivity contribution in [3.63, 3.8) is 0 Å². The predicted octanol–water partition coefficient (Wildman–Crippen LogP) is 3.63. The molecule has 4 nitrogen and oxygen atoms in total. The van der Waals surface area contributed by atoms with Gasteiger partial charge in [0.1, 0.15) is 17.3 Å². The quantitative estimate of drug-likeness (QED) is 0.905. The number of carbonyl (C=O) groups excluding carboxylic acids is 1. The predicted molar refractivity (Wildman–Crippen MR) is 86.1 cm³/mol. The number of hydrogen-bond acceptors (Lipinski definition) is 3. The minimum Gasteiger partial charge on any atom is -0.508 e. The molecular weight excluding hydrogens is 297 g/mol.